The number of amides is 2. The zero-order valence-electron chi connectivity index (χ0n) is 14.5. The van der Waals surface area contributed by atoms with Crippen LogP contribution in [0, 0.1) is 13.8 Å². The van der Waals surface area contributed by atoms with Gasteiger partial charge >= 0.3 is 0 Å². The molecule has 8 heteroatoms. The minimum absolute atomic E-state index is 0.152. The molecule has 0 aliphatic rings. The summed E-state index contributed by atoms with van der Waals surface area (Å²) in [5.41, 5.74) is 4.55. The number of nitrogens with one attached hydrogen (secondary N) is 2. The van der Waals surface area contributed by atoms with E-state index < -0.39 is 0 Å². The minimum atomic E-state index is -0.374. The van der Waals surface area contributed by atoms with Gasteiger partial charge in [0.1, 0.15) is 5.69 Å². The van der Waals surface area contributed by atoms with E-state index in [-0.39, 0.29) is 17.5 Å². The molecule has 0 bridgehead atoms. The fraction of sp³-hybridized carbons (Fsp3) is 0.167. The first-order valence-electron chi connectivity index (χ1n) is 7.86. The van der Waals surface area contributed by atoms with Gasteiger partial charge in [-0.05, 0) is 37.1 Å². The monoisotopic (exact) mass is 367 g/mol. The molecule has 2 heterocycles. The van der Waals surface area contributed by atoms with Crippen molar-refractivity contribution in [3.63, 3.8) is 0 Å². The molecule has 0 spiro atoms. The van der Waals surface area contributed by atoms with E-state index in [0.717, 1.165) is 16.7 Å². The molecule has 0 atom stereocenters. The second kappa shape index (κ2) is 7.40. The molecule has 0 saturated carbocycles. The quantitative estimate of drug-likeness (QED) is 0.736. The van der Waals surface area contributed by atoms with Crippen molar-refractivity contribution in [3.8, 4) is 11.3 Å². The number of hydrogen-bond donors (Lipinski definition) is 2. The summed E-state index contributed by atoms with van der Waals surface area (Å²) in [7, 11) is 0. The van der Waals surface area contributed by atoms with E-state index in [9.17, 15) is 9.59 Å². The van der Waals surface area contributed by atoms with Gasteiger partial charge in [-0.25, -0.2) is 9.97 Å². The topological polar surface area (TPSA) is 96.9 Å². The normalized spacial score (nSPS) is 10.4. The Morgan fingerprint density at radius 1 is 1.08 bits per heavy atom. The Kier molecular flexibility index (Phi) is 5.04. The van der Waals surface area contributed by atoms with Crippen LogP contribution in [-0.2, 0) is 4.79 Å². The van der Waals surface area contributed by atoms with Gasteiger partial charge in [-0.1, -0.05) is 0 Å². The van der Waals surface area contributed by atoms with E-state index in [0.29, 0.717) is 16.5 Å². The van der Waals surface area contributed by atoms with E-state index in [1.54, 1.807) is 0 Å². The molecule has 7 nitrogen and oxygen atoms in total. The van der Waals surface area contributed by atoms with Gasteiger partial charge in [0, 0.05) is 30.3 Å². The zero-order chi connectivity index (χ0) is 18.7. The number of carbonyl (C=O) groups is 2. The summed E-state index contributed by atoms with van der Waals surface area (Å²) in [4.78, 5) is 36.0. The first kappa shape index (κ1) is 17.7. The van der Waals surface area contributed by atoms with Crippen LogP contribution in [0.5, 0.6) is 0 Å². The Morgan fingerprint density at radius 3 is 2.54 bits per heavy atom. The van der Waals surface area contributed by atoms with Crippen molar-refractivity contribution in [1.29, 1.82) is 0 Å². The molecule has 2 aromatic heterocycles. The highest BCUT2D eigenvalue weighted by molar-refractivity contribution is 7.14. The van der Waals surface area contributed by atoms with E-state index >= 15 is 0 Å². The number of nitrogens with zero attached hydrogens (tertiary/aromatic N) is 3. The van der Waals surface area contributed by atoms with Gasteiger partial charge in [0.2, 0.25) is 5.91 Å². The number of hydrogen-bond acceptors (Lipinski definition) is 6. The van der Waals surface area contributed by atoms with Crippen molar-refractivity contribution in [2.75, 3.05) is 10.6 Å². The van der Waals surface area contributed by atoms with Crippen LogP contribution in [0.2, 0.25) is 0 Å². The van der Waals surface area contributed by atoms with E-state index in [1.807, 2.05) is 31.4 Å². The molecule has 3 rings (SSSR count). The smallest absolute Gasteiger partial charge is 0.277 e. The number of aryl methyl sites for hydroxylation is 2. The third kappa shape index (κ3) is 3.92. The van der Waals surface area contributed by atoms with Gasteiger partial charge in [-0.3, -0.25) is 19.9 Å². The third-order valence-corrected chi connectivity index (χ3v) is 4.50. The van der Waals surface area contributed by atoms with E-state index in [4.69, 9.17) is 0 Å². The molecule has 0 radical (unpaired) electrons. The van der Waals surface area contributed by atoms with Gasteiger partial charge in [0.25, 0.3) is 5.91 Å². The van der Waals surface area contributed by atoms with Crippen LogP contribution in [-0.4, -0.2) is 26.8 Å². The van der Waals surface area contributed by atoms with Crippen molar-refractivity contribution >= 4 is 34.0 Å². The van der Waals surface area contributed by atoms with Gasteiger partial charge in [-0.2, -0.15) is 0 Å². The summed E-state index contributed by atoms with van der Waals surface area (Å²) in [6.07, 6.45) is 4.35. The van der Waals surface area contributed by atoms with Crippen LogP contribution in [0.25, 0.3) is 11.3 Å². The Bertz CT molecular complexity index is 969. The largest absolute Gasteiger partial charge is 0.326 e. The SMILES string of the molecule is CC(=O)Nc1cc(C)c(C)cc1-c1csc(NC(=O)c2cnccn2)n1. The van der Waals surface area contributed by atoms with Crippen LogP contribution in [0.1, 0.15) is 28.5 Å². The Morgan fingerprint density at radius 2 is 1.85 bits per heavy atom. The van der Waals surface area contributed by atoms with Crippen LogP contribution in [0.15, 0.2) is 36.1 Å². The predicted molar refractivity (Wildman–Crippen MR) is 101 cm³/mol. The lowest BCUT2D eigenvalue weighted by molar-refractivity contribution is -0.114. The molecule has 3 aromatic rings. The number of thiazole rings is 1. The molecule has 132 valence electrons. The average molecular weight is 367 g/mol. The first-order chi connectivity index (χ1) is 12.4. The standard InChI is InChI=1S/C18H17N5O2S/c1-10-6-13(14(7-11(10)2)21-12(3)24)16-9-26-18(22-16)23-17(25)15-8-19-4-5-20-15/h4-9H,1-3H3,(H,21,24)(H,22,23,25). The molecule has 0 unspecified atom stereocenters. The second-order valence-corrected chi connectivity index (χ2v) is 6.60. The molecule has 2 N–H and O–H groups in total. The van der Waals surface area contributed by atoms with E-state index in [2.05, 4.69) is 25.6 Å². The van der Waals surface area contributed by atoms with Crippen molar-refractivity contribution in [2.45, 2.75) is 20.8 Å². The molecule has 1 aromatic carbocycles. The van der Waals surface area contributed by atoms with Gasteiger partial charge in [-0.15, -0.1) is 11.3 Å². The van der Waals surface area contributed by atoms with Crippen LogP contribution in [0.3, 0.4) is 0 Å². The average Bonchev–Trinajstić information content (AvgIpc) is 3.06. The number of carbonyl (C=O) groups excluding carboxylic acids is 2. The lowest BCUT2D eigenvalue weighted by Gasteiger charge is -2.11. The van der Waals surface area contributed by atoms with Gasteiger partial charge < -0.3 is 5.32 Å². The van der Waals surface area contributed by atoms with Gasteiger partial charge in [0.05, 0.1) is 17.6 Å². The molecule has 2 amide bonds. The molecular weight excluding hydrogens is 350 g/mol. The Labute approximate surface area is 154 Å². The maximum atomic E-state index is 12.2. The molecular formula is C18H17N5O2S. The number of benzene rings is 1. The lowest BCUT2D eigenvalue weighted by Crippen LogP contribution is -2.13. The number of aromatic nitrogens is 3. The summed E-state index contributed by atoms with van der Waals surface area (Å²) in [6.45, 7) is 5.45. The van der Waals surface area contributed by atoms with Gasteiger partial charge in [0.15, 0.2) is 5.13 Å². The number of rotatable bonds is 4. The highest BCUT2D eigenvalue weighted by Gasteiger charge is 2.14. The van der Waals surface area contributed by atoms with Crippen molar-refractivity contribution in [3.05, 3.63) is 52.9 Å². The van der Waals surface area contributed by atoms with Crippen molar-refractivity contribution in [1.82, 2.24) is 15.0 Å². The fourth-order valence-electron chi connectivity index (χ4n) is 2.35. The van der Waals surface area contributed by atoms with Crippen LogP contribution >= 0.6 is 11.3 Å². The molecule has 0 aliphatic heterocycles. The van der Waals surface area contributed by atoms with E-state index in [1.165, 1.54) is 36.9 Å². The van der Waals surface area contributed by atoms with Crippen molar-refractivity contribution in [2.24, 2.45) is 0 Å². The molecule has 26 heavy (non-hydrogen) atoms. The predicted octanol–water partition coefficient (Wildman–Crippen LogP) is 3.43. The molecule has 0 saturated heterocycles. The minimum Gasteiger partial charge on any atom is -0.326 e. The van der Waals surface area contributed by atoms with Crippen molar-refractivity contribution < 1.29 is 9.59 Å². The molecule has 0 aliphatic carbocycles. The summed E-state index contributed by atoms with van der Waals surface area (Å²) in [6, 6.07) is 3.90. The zero-order valence-corrected chi connectivity index (χ0v) is 15.3. The summed E-state index contributed by atoms with van der Waals surface area (Å²) >= 11 is 1.30. The second-order valence-electron chi connectivity index (χ2n) is 5.75. The lowest BCUT2D eigenvalue weighted by atomic mass is 10.0. The number of anilines is 2. The first-order valence-corrected chi connectivity index (χ1v) is 8.74. The van der Waals surface area contributed by atoms with Crippen LogP contribution in [0.4, 0.5) is 10.8 Å². The Balaban J connectivity index is 1.89. The Hall–Kier alpha value is -3.13. The fourth-order valence-corrected chi connectivity index (χ4v) is 3.06. The third-order valence-electron chi connectivity index (χ3n) is 3.74. The maximum Gasteiger partial charge on any atom is 0.277 e. The molecule has 0 fully saturated rings. The highest BCUT2D eigenvalue weighted by atomic mass is 32.1. The highest BCUT2D eigenvalue weighted by Crippen LogP contribution is 2.33. The summed E-state index contributed by atoms with van der Waals surface area (Å²) in [5, 5.41) is 7.83. The maximum absolute atomic E-state index is 12.2. The summed E-state index contributed by atoms with van der Waals surface area (Å²) in [5.74, 6) is -0.526. The summed E-state index contributed by atoms with van der Waals surface area (Å²) < 4.78 is 0. The van der Waals surface area contributed by atoms with Crippen LogP contribution < -0.4 is 10.6 Å².